The van der Waals surface area contributed by atoms with Crippen LogP contribution in [0.25, 0.3) is 11.2 Å². The SMILES string of the molecule is CCC(C)N1CCC(NCc2nc(NC)c3ncn([C@@H]4O[C@H](COC)[C@@H](O)[C@H]4O)c3n2)CC1. The van der Waals surface area contributed by atoms with Gasteiger partial charge in [0.05, 0.1) is 19.5 Å². The zero-order valence-electron chi connectivity index (χ0n) is 19.9. The van der Waals surface area contributed by atoms with Gasteiger partial charge in [0.15, 0.2) is 23.2 Å². The van der Waals surface area contributed by atoms with Gasteiger partial charge in [0, 0.05) is 26.2 Å². The number of aliphatic hydroxyl groups excluding tert-OH is 2. The van der Waals surface area contributed by atoms with Gasteiger partial charge in [-0.1, -0.05) is 6.92 Å². The monoisotopic (exact) mass is 463 g/mol. The number of methoxy groups -OCH3 is 1. The Morgan fingerprint density at radius 3 is 2.67 bits per heavy atom. The number of anilines is 1. The summed E-state index contributed by atoms with van der Waals surface area (Å²) in [5, 5.41) is 27.6. The molecule has 2 aliphatic heterocycles. The second kappa shape index (κ2) is 10.6. The number of hydrogen-bond acceptors (Lipinski definition) is 10. The number of imidazole rings is 1. The molecule has 5 atom stereocenters. The number of fused-ring (bicyclic) bond motifs is 1. The molecule has 0 aliphatic carbocycles. The normalized spacial score (nSPS) is 27.9. The zero-order chi connectivity index (χ0) is 23.5. The van der Waals surface area contributed by atoms with Gasteiger partial charge < -0.3 is 35.2 Å². The predicted octanol–water partition coefficient (Wildman–Crippen LogP) is 0.486. The first-order chi connectivity index (χ1) is 16.0. The van der Waals surface area contributed by atoms with Gasteiger partial charge in [-0.25, -0.2) is 15.0 Å². The van der Waals surface area contributed by atoms with E-state index in [4.69, 9.17) is 14.5 Å². The summed E-state index contributed by atoms with van der Waals surface area (Å²) in [6.07, 6.45) is 1.34. The van der Waals surface area contributed by atoms with Crippen molar-refractivity contribution in [2.75, 3.05) is 39.2 Å². The number of nitrogens with one attached hydrogen (secondary N) is 2. The summed E-state index contributed by atoms with van der Waals surface area (Å²) in [5.74, 6) is 1.25. The highest BCUT2D eigenvalue weighted by atomic mass is 16.6. The second-order valence-electron chi connectivity index (χ2n) is 9.01. The third-order valence-electron chi connectivity index (χ3n) is 6.94. The molecule has 0 bridgehead atoms. The topological polar surface area (TPSA) is 130 Å². The molecule has 4 rings (SSSR count). The number of nitrogens with zero attached hydrogens (tertiary/aromatic N) is 5. The van der Waals surface area contributed by atoms with Crippen molar-refractivity contribution in [1.82, 2.24) is 29.7 Å². The van der Waals surface area contributed by atoms with Crippen LogP contribution in [0.15, 0.2) is 6.33 Å². The largest absolute Gasteiger partial charge is 0.387 e. The molecule has 4 heterocycles. The van der Waals surface area contributed by atoms with Crippen LogP contribution in [-0.2, 0) is 16.0 Å². The van der Waals surface area contributed by atoms with E-state index in [1.807, 2.05) is 0 Å². The maximum Gasteiger partial charge on any atom is 0.168 e. The highest BCUT2D eigenvalue weighted by Gasteiger charge is 2.44. The van der Waals surface area contributed by atoms with E-state index in [-0.39, 0.29) is 6.61 Å². The molecule has 0 saturated carbocycles. The number of piperidine rings is 1. The van der Waals surface area contributed by atoms with E-state index in [9.17, 15) is 10.2 Å². The van der Waals surface area contributed by atoms with E-state index in [0.717, 1.165) is 25.9 Å². The molecule has 184 valence electrons. The standard InChI is InChI=1S/C22H37N7O4/c1-5-13(2)28-8-6-14(7-9-28)24-10-16-26-20(23-3)17-21(27-16)29(12-25-17)22-19(31)18(30)15(33-22)11-32-4/h12-15,18-19,22,24,30-31H,5-11H2,1-4H3,(H,23,26,27)/t13?,15-,18-,19-,22-/m1/s1. The Balaban J connectivity index is 1.49. The van der Waals surface area contributed by atoms with Crippen LogP contribution in [0.3, 0.4) is 0 Å². The molecule has 11 nitrogen and oxygen atoms in total. The average molecular weight is 464 g/mol. The summed E-state index contributed by atoms with van der Waals surface area (Å²) in [5.41, 5.74) is 1.13. The highest BCUT2D eigenvalue weighted by Crippen LogP contribution is 2.32. The number of rotatable bonds is 9. The Labute approximate surface area is 194 Å². The van der Waals surface area contributed by atoms with Gasteiger partial charge in [-0.15, -0.1) is 0 Å². The lowest BCUT2D eigenvalue weighted by atomic mass is 10.0. The summed E-state index contributed by atoms with van der Waals surface area (Å²) in [4.78, 5) is 16.4. The zero-order valence-corrected chi connectivity index (χ0v) is 19.9. The highest BCUT2D eigenvalue weighted by molar-refractivity contribution is 5.83. The molecule has 4 N–H and O–H groups in total. The molecule has 11 heteroatoms. The van der Waals surface area contributed by atoms with Gasteiger partial charge in [-0.3, -0.25) is 4.57 Å². The number of hydrogen-bond donors (Lipinski definition) is 4. The van der Waals surface area contributed by atoms with E-state index < -0.39 is 24.5 Å². The molecule has 33 heavy (non-hydrogen) atoms. The third-order valence-corrected chi connectivity index (χ3v) is 6.94. The lowest BCUT2D eigenvalue weighted by molar-refractivity contribution is -0.0580. The van der Waals surface area contributed by atoms with Gasteiger partial charge in [-0.05, 0) is 39.3 Å². The first-order valence-corrected chi connectivity index (χ1v) is 11.9. The van der Waals surface area contributed by atoms with Gasteiger partial charge in [0.25, 0.3) is 0 Å². The molecule has 2 aliphatic rings. The Bertz CT molecular complexity index is 918. The number of ether oxygens (including phenoxy) is 2. The molecule has 0 aromatic carbocycles. The van der Waals surface area contributed by atoms with Crippen LogP contribution in [0.1, 0.15) is 45.2 Å². The van der Waals surface area contributed by atoms with Crippen molar-refractivity contribution >= 4 is 17.0 Å². The summed E-state index contributed by atoms with van der Waals surface area (Å²) in [6.45, 7) is 7.45. The molecule has 2 fully saturated rings. The van der Waals surface area contributed by atoms with Gasteiger partial charge >= 0.3 is 0 Å². The molecule has 0 radical (unpaired) electrons. The fourth-order valence-corrected chi connectivity index (χ4v) is 4.70. The van der Waals surface area contributed by atoms with Crippen molar-refractivity contribution < 1.29 is 19.7 Å². The van der Waals surface area contributed by atoms with Gasteiger partial charge in [0.2, 0.25) is 0 Å². The summed E-state index contributed by atoms with van der Waals surface area (Å²) < 4.78 is 12.6. The predicted molar refractivity (Wildman–Crippen MR) is 124 cm³/mol. The fourth-order valence-electron chi connectivity index (χ4n) is 4.70. The Kier molecular flexibility index (Phi) is 7.77. The minimum absolute atomic E-state index is 0.184. The molecule has 2 aromatic rings. The lowest BCUT2D eigenvalue weighted by Crippen LogP contribution is -2.45. The number of aliphatic hydroxyl groups is 2. The van der Waals surface area contributed by atoms with Crippen LogP contribution >= 0.6 is 0 Å². The van der Waals surface area contributed by atoms with Crippen molar-refractivity contribution in [3.05, 3.63) is 12.2 Å². The maximum atomic E-state index is 10.6. The van der Waals surface area contributed by atoms with Crippen molar-refractivity contribution in [3.63, 3.8) is 0 Å². The van der Waals surface area contributed by atoms with Crippen molar-refractivity contribution in [3.8, 4) is 0 Å². The van der Waals surface area contributed by atoms with E-state index in [1.54, 1.807) is 17.9 Å². The summed E-state index contributed by atoms with van der Waals surface area (Å²) in [7, 11) is 3.32. The Morgan fingerprint density at radius 1 is 1.24 bits per heavy atom. The minimum Gasteiger partial charge on any atom is -0.387 e. The van der Waals surface area contributed by atoms with E-state index in [1.165, 1.54) is 13.5 Å². The van der Waals surface area contributed by atoms with Crippen LogP contribution in [0.5, 0.6) is 0 Å². The van der Waals surface area contributed by atoms with Crippen LogP contribution in [0, 0.1) is 0 Å². The number of likely N-dealkylation sites (tertiary alicyclic amines) is 1. The molecule has 0 amide bonds. The van der Waals surface area contributed by atoms with Crippen LogP contribution in [0.4, 0.5) is 5.82 Å². The van der Waals surface area contributed by atoms with Crippen molar-refractivity contribution in [2.45, 2.75) is 76.3 Å². The smallest absolute Gasteiger partial charge is 0.168 e. The van der Waals surface area contributed by atoms with Crippen LogP contribution < -0.4 is 10.6 Å². The van der Waals surface area contributed by atoms with Crippen LogP contribution in [-0.4, -0.2) is 98.9 Å². The first-order valence-electron chi connectivity index (χ1n) is 11.9. The lowest BCUT2D eigenvalue weighted by Gasteiger charge is -2.36. The Hall–Kier alpha value is -1.89. The van der Waals surface area contributed by atoms with Gasteiger partial charge in [-0.2, -0.15) is 0 Å². The first kappa shape index (κ1) is 24.2. The quantitative estimate of drug-likeness (QED) is 0.417. The maximum absolute atomic E-state index is 10.6. The fraction of sp³-hybridized carbons (Fsp3) is 0.773. The van der Waals surface area contributed by atoms with Crippen molar-refractivity contribution in [2.24, 2.45) is 0 Å². The summed E-state index contributed by atoms with van der Waals surface area (Å²) in [6, 6.07) is 1.06. The molecule has 2 aromatic heterocycles. The average Bonchev–Trinajstić information content (AvgIpc) is 3.38. The third kappa shape index (κ3) is 4.98. The molecule has 2 saturated heterocycles. The molecule has 1 unspecified atom stereocenters. The second-order valence-corrected chi connectivity index (χ2v) is 9.01. The van der Waals surface area contributed by atoms with Crippen molar-refractivity contribution in [1.29, 1.82) is 0 Å². The van der Waals surface area contributed by atoms with E-state index in [2.05, 4.69) is 39.3 Å². The minimum atomic E-state index is -1.12. The summed E-state index contributed by atoms with van der Waals surface area (Å²) >= 11 is 0. The Morgan fingerprint density at radius 2 is 2.00 bits per heavy atom. The van der Waals surface area contributed by atoms with Crippen LogP contribution in [0.2, 0.25) is 0 Å². The van der Waals surface area contributed by atoms with E-state index in [0.29, 0.717) is 41.4 Å². The molecular formula is C22H37N7O4. The van der Waals surface area contributed by atoms with E-state index >= 15 is 0 Å². The van der Waals surface area contributed by atoms with Gasteiger partial charge in [0.1, 0.15) is 24.1 Å². The molecule has 0 spiro atoms. The number of aromatic nitrogens is 4. The molecular weight excluding hydrogens is 426 g/mol.